The summed E-state index contributed by atoms with van der Waals surface area (Å²) in [7, 11) is 0. The molecule has 1 saturated carbocycles. The molecule has 5 rings (SSSR count). The van der Waals surface area contributed by atoms with Crippen molar-refractivity contribution in [2.45, 2.75) is 24.8 Å². The lowest BCUT2D eigenvalue weighted by Crippen LogP contribution is -2.43. The first kappa shape index (κ1) is 17.8. The lowest BCUT2D eigenvalue weighted by molar-refractivity contribution is 0.102. The van der Waals surface area contributed by atoms with Crippen LogP contribution in [0.3, 0.4) is 0 Å². The number of hydrogen-bond donors (Lipinski definition) is 3. The lowest BCUT2D eigenvalue weighted by Gasteiger charge is -2.38. The number of benzene rings is 3. The molecular formula is C23H19F2N3O. The number of nitrogens with one attached hydrogen (secondary N) is 2. The van der Waals surface area contributed by atoms with Crippen molar-refractivity contribution in [3.8, 4) is 0 Å². The van der Waals surface area contributed by atoms with E-state index in [-0.39, 0.29) is 11.4 Å². The van der Waals surface area contributed by atoms with Gasteiger partial charge in [0.05, 0.1) is 0 Å². The topological polar surface area (TPSA) is 70.9 Å². The number of hydrogen-bond acceptors (Lipinski definition) is 2. The van der Waals surface area contributed by atoms with Crippen LogP contribution in [0, 0.1) is 11.6 Å². The number of aromatic amines is 1. The van der Waals surface area contributed by atoms with E-state index < -0.39 is 11.6 Å². The van der Waals surface area contributed by atoms with E-state index >= 15 is 0 Å². The Labute approximate surface area is 165 Å². The second kappa shape index (κ2) is 6.39. The highest BCUT2D eigenvalue weighted by Gasteiger charge is 2.34. The number of H-pyrrole nitrogens is 1. The standard InChI is InChI=1S/C23H19F2N3O/c24-18-11-17-16-6-5-15(10-20(16)28-21(17)12-19(18)25)27-22(29)13-3-1-4-14(9-13)23(26)7-2-8-23/h1,3-6,9-12,28H,2,7-8,26H2,(H,27,29). The molecule has 4 aromatic rings. The van der Waals surface area contributed by atoms with Crippen molar-refractivity contribution < 1.29 is 13.6 Å². The minimum Gasteiger partial charge on any atom is -0.354 e. The first-order valence-electron chi connectivity index (χ1n) is 9.54. The summed E-state index contributed by atoms with van der Waals surface area (Å²) in [4.78, 5) is 15.8. The van der Waals surface area contributed by atoms with Gasteiger partial charge < -0.3 is 16.0 Å². The fourth-order valence-corrected chi connectivity index (χ4v) is 4.00. The molecule has 1 heterocycles. The average Bonchev–Trinajstić information content (AvgIpc) is 3.03. The zero-order valence-electron chi connectivity index (χ0n) is 15.6. The maximum Gasteiger partial charge on any atom is 0.255 e. The van der Waals surface area contributed by atoms with Crippen molar-refractivity contribution >= 4 is 33.4 Å². The van der Waals surface area contributed by atoms with Crippen molar-refractivity contribution in [1.29, 1.82) is 0 Å². The Hall–Kier alpha value is -3.25. The van der Waals surface area contributed by atoms with Gasteiger partial charge in [-0.25, -0.2) is 8.78 Å². The molecule has 1 aliphatic carbocycles. The molecule has 1 aromatic heterocycles. The Morgan fingerprint density at radius 1 is 0.966 bits per heavy atom. The monoisotopic (exact) mass is 391 g/mol. The molecule has 6 heteroatoms. The van der Waals surface area contributed by atoms with E-state index in [0.29, 0.717) is 27.7 Å². The number of carbonyl (C=O) groups is 1. The molecule has 0 spiro atoms. The maximum atomic E-state index is 13.6. The third kappa shape index (κ3) is 2.96. The molecule has 146 valence electrons. The zero-order chi connectivity index (χ0) is 20.2. The second-order valence-electron chi connectivity index (χ2n) is 7.74. The fraction of sp³-hybridized carbons (Fsp3) is 0.174. The highest BCUT2D eigenvalue weighted by Crippen LogP contribution is 2.38. The van der Waals surface area contributed by atoms with Gasteiger partial charge in [-0.1, -0.05) is 18.2 Å². The molecule has 3 aromatic carbocycles. The van der Waals surface area contributed by atoms with Crippen LogP contribution in [0.4, 0.5) is 14.5 Å². The summed E-state index contributed by atoms with van der Waals surface area (Å²) >= 11 is 0. The van der Waals surface area contributed by atoms with Gasteiger partial charge in [0.25, 0.3) is 5.91 Å². The van der Waals surface area contributed by atoms with Crippen molar-refractivity contribution in [2.75, 3.05) is 5.32 Å². The highest BCUT2D eigenvalue weighted by atomic mass is 19.2. The van der Waals surface area contributed by atoms with Crippen LogP contribution in [0.15, 0.2) is 54.6 Å². The first-order valence-corrected chi connectivity index (χ1v) is 9.54. The Morgan fingerprint density at radius 2 is 1.72 bits per heavy atom. The number of fused-ring (bicyclic) bond motifs is 3. The van der Waals surface area contributed by atoms with E-state index in [1.807, 2.05) is 18.2 Å². The van der Waals surface area contributed by atoms with E-state index in [1.165, 1.54) is 6.07 Å². The number of nitrogens with two attached hydrogens (primary N) is 1. The van der Waals surface area contributed by atoms with Crippen LogP contribution in [0.5, 0.6) is 0 Å². The van der Waals surface area contributed by atoms with E-state index in [1.54, 1.807) is 24.3 Å². The van der Waals surface area contributed by atoms with Crippen LogP contribution in [-0.2, 0) is 5.54 Å². The van der Waals surface area contributed by atoms with Gasteiger partial charge in [0, 0.05) is 44.7 Å². The molecular weight excluding hydrogens is 372 g/mol. The smallest absolute Gasteiger partial charge is 0.255 e. The van der Waals surface area contributed by atoms with Crippen LogP contribution in [0.2, 0.25) is 0 Å². The van der Waals surface area contributed by atoms with Crippen molar-refractivity contribution in [3.63, 3.8) is 0 Å². The van der Waals surface area contributed by atoms with Gasteiger partial charge in [0.2, 0.25) is 0 Å². The normalized spacial score (nSPS) is 15.4. The molecule has 1 aliphatic rings. The molecule has 0 aliphatic heterocycles. The van der Waals surface area contributed by atoms with Gasteiger partial charge in [0.1, 0.15) is 0 Å². The molecule has 0 unspecified atom stereocenters. The van der Waals surface area contributed by atoms with Crippen molar-refractivity contribution in [3.05, 3.63) is 77.4 Å². The molecule has 0 radical (unpaired) electrons. The average molecular weight is 391 g/mol. The predicted molar refractivity (Wildman–Crippen MR) is 110 cm³/mol. The van der Waals surface area contributed by atoms with Gasteiger partial charge in [-0.15, -0.1) is 0 Å². The second-order valence-corrected chi connectivity index (χ2v) is 7.74. The highest BCUT2D eigenvalue weighted by molar-refractivity contribution is 6.10. The first-order chi connectivity index (χ1) is 13.9. The summed E-state index contributed by atoms with van der Waals surface area (Å²) in [6.07, 6.45) is 2.96. The molecule has 0 bridgehead atoms. The lowest BCUT2D eigenvalue weighted by atomic mass is 9.72. The summed E-state index contributed by atoms with van der Waals surface area (Å²) < 4.78 is 27.1. The summed E-state index contributed by atoms with van der Waals surface area (Å²) in [6, 6.07) is 15.0. The number of halogens is 2. The maximum absolute atomic E-state index is 13.6. The van der Waals surface area contributed by atoms with Gasteiger partial charge in [-0.05, 0) is 55.2 Å². The van der Waals surface area contributed by atoms with Crippen LogP contribution < -0.4 is 11.1 Å². The van der Waals surface area contributed by atoms with E-state index in [9.17, 15) is 13.6 Å². The minimum absolute atomic E-state index is 0.234. The van der Waals surface area contributed by atoms with Crippen LogP contribution in [-0.4, -0.2) is 10.9 Å². The number of carbonyl (C=O) groups excluding carboxylic acids is 1. The van der Waals surface area contributed by atoms with Gasteiger partial charge in [-0.3, -0.25) is 4.79 Å². The molecule has 29 heavy (non-hydrogen) atoms. The minimum atomic E-state index is -0.901. The Kier molecular flexibility index (Phi) is 3.93. The van der Waals surface area contributed by atoms with Gasteiger partial charge in [0.15, 0.2) is 11.6 Å². The molecule has 4 nitrogen and oxygen atoms in total. The quantitative estimate of drug-likeness (QED) is 0.450. The molecule has 0 atom stereocenters. The van der Waals surface area contributed by atoms with Gasteiger partial charge in [-0.2, -0.15) is 0 Å². The Morgan fingerprint density at radius 3 is 2.48 bits per heavy atom. The molecule has 1 fully saturated rings. The Bertz CT molecular complexity index is 1270. The van der Waals surface area contributed by atoms with E-state index in [2.05, 4.69) is 10.3 Å². The summed E-state index contributed by atoms with van der Waals surface area (Å²) in [5.74, 6) is -2.02. The predicted octanol–water partition coefficient (Wildman–Crippen LogP) is 5.19. The number of rotatable bonds is 3. The molecule has 1 amide bonds. The van der Waals surface area contributed by atoms with Crippen molar-refractivity contribution in [2.24, 2.45) is 5.73 Å². The summed E-state index contributed by atoms with van der Waals surface area (Å²) in [5.41, 5.74) is 9.35. The van der Waals surface area contributed by atoms with Crippen LogP contribution in [0.1, 0.15) is 35.2 Å². The third-order valence-corrected chi connectivity index (χ3v) is 5.84. The number of aromatic nitrogens is 1. The molecule has 0 saturated heterocycles. The summed E-state index contributed by atoms with van der Waals surface area (Å²) in [5, 5.41) is 4.24. The fourth-order valence-electron chi connectivity index (χ4n) is 4.00. The zero-order valence-corrected chi connectivity index (χ0v) is 15.6. The van der Waals surface area contributed by atoms with Crippen molar-refractivity contribution in [1.82, 2.24) is 4.98 Å². The largest absolute Gasteiger partial charge is 0.354 e. The number of anilines is 1. The Balaban J connectivity index is 1.45. The SMILES string of the molecule is NC1(c2cccc(C(=O)Nc3ccc4c(c3)[nH]c3cc(F)c(F)cc34)c2)CCC1. The van der Waals surface area contributed by atoms with Crippen LogP contribution >= 0.6 is 0 Å². The van der Waals surface area contributed by atoms with E-state index in [0.717, 1.165) is 36.3 Å². The van der Waals surface area contributed by atoms with Gasteiger partial charge >= 0.3 is 0 Å². The number of amides is 1. The van der Waals surface area contributed by atoms with Crippen LogP contribution in [0.25, 0.3) is 21.8 Å². The van der Waals surface area contributed by atoms with E-state index in [4.69, 9.17) is 5.73 Å². The third-order valence-electron chi connectivity index (χ3n) is 5.84. The summed E-state index contributed by atoms with van der Waals surface area (Å²) in [6.45, 7) is 0. The molecule has 4 N–H and O–H groups in total.